The van der Waals surface area contributed by atoms with E-state index in [4.69, 9.17) is 10.00 Å². The molecule has 0 unspecified atom stereocenters. The minimum absolute atomic E-state index is 0.307. The van der Waals surface area contributed by atoms with Gasteiger partial charge in [-0.25, -0.2) is 0 Å². The van der Waals surface area contributed by atoms with E-state index >= 15 is 0 Å². The van der Waals surface area contributed by atoms with Crippen molar-refractivity contribution >= 4 is 29.1 Å². The lowest BCUT2D eigenvalue weighted by atomic mass is 9.90. The number of benzene rings is 2. The van der Waals surface area contributed by atoms with E-state index in [1.807, 2.05) is 36.4 Å². The highest BCUT2D eigenvalue weighted by molar-refractivity contribution is 8.04. The maximum atomic E-state index is 12.6. The van der Waals surface area contributed by atoms with Gasteiger partial charge in [0, 0.05) is 49.4 Å². The molecule has 0 N–H and O–H groups in total. The van der Waals surface area contributed by atoms with Crippen molar-refractivity contribution in [2.75, 3.05) is 18.8 Å². The number of Topliss-reactive ketones (excluding diaryl/α,β-unsaturated/α-hetero) is 2. The summed E-state index contributed by atoms with van der Waals surface area (Å²) in [6.07, 6.45) is 1.74. The van der Waals surface area contributed by atoms with Crippen LogP contribution in [0.15, 0.2) is 53.4 Å². The van der Waals surface area contributed by atoms with Gasteiger partial charge >= 0.3 is 0 Å². The fourth-order valence-electron chi connectivity index (χ4n) is 4.32. The normalized spacial score (nSPS) is 20.4. The van der Waals surface area contributed by atoms with Crippen LogP contribution in [-0.2, 0) is 16.1 Å². The minimum Gasteiger partial charge on any atom is -0.484 e. The average Bonchev–Trinajstić information content (AvgIpc) is 2.80. The van der Waals surface area contributed by atoms with Crippen molar-refractivity contribution in [2.45, 2.75) is 25.0 Å². The predicted molar refractivity (Wildman–Crippen MR) is 115 cm³/mol. The molecule has 30 heavy (non-hydrogen) atoms. The van der Waals surface area contributed by atoms with E-state index < -0.39 is 11.6 Å². The number of ether oxygens (including phenoxy) is 1. The average molecular weight is 417 g/mol. The summed E-state index contributed by atoms with van der Waals surface area (Å²) >= 11 is 1.47. The zero-order valence-electron chi connectivity index (χ0n) is 16.4. The van der Waals surface area contributed by atoms with Crippen LogP contribution in [0.25, 0.3) is 5.76 Å². The van der Waals surface area contributed by atoms with Gasteiger partial charge in [0.05, 0.1) is 11.6 Å². The first kappa shape index (κ1) is 19.1. The van der Waals surface area contributed by atoms with Crippen LogP contribution in [0, 0.1) is 11.3 Å². The van der Waals surface area contributed by atoms with E-state index in [0.717, 1.165) is 38.0 Å². The van der Waals surface area contributed by atoms with Crippen molar-refractivity contribution in [3.05, 3.63) is 75.7 Å². The fraction of sp³-hybridized carbons (Fsp3) is 0.292. The molecule has 0 atom stereocenters. The van der Waals surface area contributed by atoms with Gasteiger partial charge in [0.2, 0.25) is 11.6 Å². The van der Waals surface area contributed by atoms with Gasteiger partial charge in [-0.1, -0.05) is 36.4 Å². The summed E-state index contributed by atoms with van der Waals surface area (Å²) in [6.45, 7) is 2.65. The van der Waals surface area contributed by atoms with Crippen molar-refractivity contribution in [2.24, 2.45) is 0 Å². The number of rotatable bonds is 2. The smallest absolute Gasteiger partial charge is 0.243 e. The monoisotopic (exact) mass is 416 g/mol. The Balaban J connectivity index is 1.31. The van der Waals surface area contributed by atoms with Gasteiger partial charge in [0.25, 0.3) is 0 Å². The molecule has 1 fully saturated rings. The van der Waals surface area contributed by atoms with Gasteiger partial charge in [-0.05, 0) is 17.7 Å². The lowest BCUT2D eigenvalue weighted by molar-refractivity contribution is -0.111. The third-order valence-corrected chi connectivity index (χ3v) is 7.42. The summed E-state index contributed by atoms with van der Waals surface area (Å²) in [5, 5.41) is 8.95. The van der Waals surface area contributed by atoms with E-state index in [2.05, 4.69) is 11.0 Å². The molecule has 3 aliphatic rings. The Labute approximate surface area is 179 Å². The number of thioether (sulfide) groups is 1. The van der Waals surface area contributed by atoms with E-state index in [1.54, 1.807) is 12.1 Å². The first-order valence-electron chi connectivity index (χ1n) is 10.0. The Morgan fingerprint density at radius 2 is 1.70 bits per heavy atom. The van der Waals surface area contributed by atoms with Crippen molar-refractivity contribution in [1.82, 2.24) is 4.90 Å². The Kier molecular flexibility index (Phi) is 4.73. The van der Waals surface area contributed by atoms with Crippen LogP contribution < -0.4 is 0 Å². The molecule has 6 heteroatoms. The Bertz CT molecular complexity index is 1110. The van der Waals surface area contributed by atoms with Crippen LogP contribution in [0.3, 0.4) is 0 Å². The number of piperidine rings is 1. The second kappa shape index (κ2) is 7.42. The van der Waals surface area contributed by atoms with Gasteiger partial charge < -0.3 is 4.74 Å². The molecule has 150 valence electrons. The third-order valence-electron chi connectivity index (χ3n) is 6.09. The first-order valence-corrected chi connectivity index (χ1v) is 11.0. The predicted octanol–water partition coefficient (Wildman–Crippen LogP) is 3.79. The van der Waals surface area contributed by atoms with E-state index in [-0.39, 0.29) is 5.60 Å². The molecule has 5 nitrogen and oxygen atoms in total. The molecular formula is C24H20N2O3S. The zero-order valence-corrected chi connectivity index (χ0v) is 17.2. The van der Waals surface area contributed by atoms with Crippen LogP contribution >= 0.6 is 11.8 Å². The van der Waals surface area contributed by atoms with Crippen LogP contribution in [0.4, 0.5) is 0 Å². The highest BCUT2D eigenvalue weighted by Crippen LogP contribution is 2.47. The summed E-state index contributed by atoms with van der Waals surface area (Å²) in [6, 6.07) is 17.1. The summed E-state index contributed by atoms with van der Waals surface area (Å²) < 4.78 is 6.52. The minimum atomic E-state index is -0.443. The van der Waals surface area contributed by atoms with Gasteiger partial charge in [-0.15, -0.1) is 11.8 Å². The molecule has 2 aromatic rings. The molecule has 1 aliphatic carbocycles. The summed E-state index contributed by atoms with van der Waals surface area (Å²) in [4.78, 5) is 27.8. The van der Waals surface area contributed by atoms with E-state index in [0.29, 0.717) is 27.5 Å². The van der Waals surface area contributed by atoms with Crippen molar-refractivity contribution in [1.29, 1.82) is 5.26 Å². The van der Waals surface area contributed by atoms with Gasteiger partial charge in [-0.2, -0.15) is 5.26 Å². The maximum absolute atomic E-state index is 12.6. The maximum Gasteiger partial charge on any atom is 0.243 e. The number of fused-ring (bicyclic) bond motifs is 2. The number of carbonyl (C=O) groups is 2. The summed E-state index contributed by atoms with van der Waals surface area (Å²) in [7, 11) is 0. The number of ketones is 2. The second-order valence-electron chi connectivity index (χ2n) is 8.02. The molecular weight excluding hydrogens is 396 g/mol. The van der Waals surface area contributed by atoms with Crippen LogP contribution in [-0.4, -0.2) is 40.9 Å². The van der Waals surface area contributed by atoms with Crippen molar-refractivity contribution in [3.63, 3.8) is 0 Å². The van der Waals surface area contributed by atoms with Crippen LogP contribution in [0.1, 0.15) is 39.9 Å². The molecule has 0 saturated carbocycles. The van der Waals surface area contributed by atoms with Gasteiger partial charge in [0.1, 0.15) is 16.3 Å². The lowest BCUT2D eigenvalue weighted by Crippen LogP contribution is -2.49. The third kappa shape index (κ3) is 3.24. The molecule has 2 aliphatic heterocycles. The fourth-order valence-corrected chi connectivity index (χ4v) is 5.58. The first-order chi connectivity index (χ1) is 14.6. The quantitative estimate of drug-likeness (QED) is 0.694. The summed E-state index contributed by atoms with van der Waals surface area (Å²) in [5.74, 6) is 0.403. The van der Waals surface area contributed by atoms with E-state index in [1.165, 1.54) is 17.3 Å². The Morgan fingerprint density at radius 3 is 2.40 bits per heavy atom. The number of hydrogen-bond acceptors (Lipinski definition) is 6. The van der Waals surface area contributed by atoms with Crippen molar-refractivity contribution in [3.8, 4) is 6.07 Å². The molecule has 5 rings (SSSR count). The standard InChI is InChI=1S/C24H20N2O3S/c25-13-16-5-7-17(8-6-16)14-26-11-9-24(10-12-26)15-30-23-21(28)20(27)18-3-1-2-4-19(18)22(23)29-24/h1-8H,9-12,14-15H2. The number of hydrogen-bond donors (Lipinski definition) is 0. The number of allylic oxidation sites excluding steroid dienone is 1. The number of likely N-dealkylation sites (tertiary alicyclic amines) is 1. The summed E-state index contributed by atoms with van der Waals surface area (Å²) in [5.41, 5.74) is 2.74. The van der Waals surface area contributed by atoms with E-state index in [9.17, 15) is 9.59 Å². The number of carbonyl (C=O) groups excluding carboxylic acids is 2. The Morgan fingerprint density at radius 1 is 1.00 bits per heavy atom. The number of nitrogens with zero attached hydrogens (tertiary/aromatic N) is 2. The largest absolute Gasteiger partial charge is 0.484 e. The molecule has 2 aromatic carbocycles. The number of nitriles is 1. The molecule has 1 spiro atoms. The molecule has 0 aromatic heterocycles. The molecule has 0 amide bonds. The molecule has 2 heterocycles. The lowest BCUT2D eigenvalue weighted by Gasteiger charge is -2.45. The van der Waals surface area contributed by atoms with Gasteiger partial charge in [0.15, 0.2) is 0 Å². The second-order valence-corrected chi connectivity index (χ2v) is 9.01. The van der Waals surface area contributed by atoms with Crippen LogP contribution in [0.5, 0.6) is 0 Å². The molecule has 0 bridgehead atoms. The molecule has 0 radical (unpaired) electrons. The topological polar surface area (TPSA) is 70.4 Å². The highest BCUT2D eigenvalue weighted by Gasteiger charge is 2.45. The highest BCUT2D eigenvalue weighted by atomic mass is 32.2. The molecule has 1 saturated heterocycles. The van der Waals surface area contributed by atoms with Gasteiger partial charge in [-0.3, -0.25) is 14.5 Å². The SMILES string of the molecule is N#Cc1ccc(CN2CCC3(CC2)CSC2=C(O3)c3ccccc3C(=O)C2=O)cc1. The van der Waals surface area contributed by atoms with Crippen molar-refractivity contribution < 1.29 is 14.3 Å². The Hall–Kier alpha value is -2.88. The van der Waals surface area contributed by atoms with Crippen LogP contribution in [0.2, 0.25) is 0 Å². The zero-order chi connectivity index (χ0) is 20.7.